The summed E-state index contributed by atoms with van der Waals surface area (Å²) in [6, 6.07) is 81.3. The summed E-state index contributed by atoms with van der Waals surface area (Å²) >= 11 is 0. The third-order valence-corrected chi connectivity index (χ3v) is 17.4. The molecule has 10 aromatic carbocycles. The Morgan fingerprint density at radius 3 is 1.66 bits per heavy atom. The maximum absolute atomic E-state index is 2.46. The van der Waals surface area contributed by atoms with Crippen LogP contribution in [0.25, 0.3) is 83.0 Å². The Hall–Kier alpha value is -10.2. The second kappa shape index (κ2) is 18.7. The Bertz CT molecular complexity index is 4830. The molecule has 82 heavy (non-hydrogen) atoms. The maximum Gasteiger partial charge on any atom is 0.0542 e. The third kappa shape index (κ3) is 7.81. The molecule has 0 radical (unpaired) electrons. The van der Waals surface area contributed by atoms with Crippen molar-refractivity contribution in [3.8, 4) is 22.5 Å². The highest BCUT2D eigenvalue weighted by molar-refractivity contribution is 6.12. The van der Waals surface area contributed by atoms with Gasteiger partial charge in [0.2, 0.25) is 0 Å². The Kier molecular flexibility index (Phi) is 10.9. The summed E-state index contributed by atoms with van der Waals surface area (Å²) in [7, 11) is 0. The molecule has 0 N–H and O–H groups in total. The second-order valence-electron chi connectivity index (χ2n) is 23.4. The van der Waals surface area contributed by atoms with Crippen LogP contribution in [0.1, 0.15) is 37.5 Å². The predicted octanol–water partition coefficient (Wildman–Crippen LogP) is 20.6. The Morgan fingerprint density at radius 2 is 0.976 bits per heavy atom. The molecule has 0 saturated heterocycles. The number of anilines is 5. The topological polar surface area (TPSA) is 16.3 Å². The van der Waals surface area contributed by atoms with Crippen LogP contribution < -0.4 is 9.80 Å². The normalized spacial score (nSPS) is 15.2. The Balaban J connectivity index is 0.813. The molecule has 390 valence electrons. The molecule has 4 nitrogen and oxygen atoms in total. The van der Waals surface area contributed by atoms with Gasteiger partial charge in [0.05, 0.1) is 22.1 Å². The van der Waals surface area contributed by atoms with Gasteiger partial charge in [0, 0.05) is 73.0 Å². The van der Waals surface area contributed by atoms with Crippen LogP contribution in [0, 0.1) is 5.92 Å². The molecule has 0 aliphatic heterocycles. The van der Waals surface area contributed by atoms with Crippen molar-refractivity contribution in [2.45, 2.75) is 32.6 Å². The SMILES string of the molecule is CC(C)(C)c1ccc2c(c1)c1cc(N(c3ccc(-c4ccc(N(C5=CC6=CC=CC7=CC=CC(=C5)C76)c5ccc6c(c5)c5ccccc5n6-c5ccccc5)cc4)cc3)c3cc4c5c(cccc5c3)CC=C4)ccc1n2-c1ccccc1. The van der Waals surface area contributed by atoms with Crippen molar-refractivity contribution in [1.29, 1.82) is 0 Å². The van der Waals surface area contributed by atoms with Crippen LogP contribution in [0.4, 0.5) is 28.4 Å². The van der Waals surface area contributed by atoms with E-state index in [1.165, 1.54) is 87.8 Å². The highest BCUT2D eigenvalue weighted by Gasteiger charge is 2.30. The first kappa shape index (κ1) is 47.8. The Morgan fingerprint density at radius 1 is 0.415 bits per heavy atom. The van der Waals surface area contributed by atoms with Crippen molar-refractivity contribution in [3.63, 3.8) is 0 Å². The molecular weight excluding hydrogens is 993 g/mol. The smallest absolute Gasteiger partial charge is 0.0542 e. The van der Waals surface area contributed by atoms with Gasteiger partial charge in [0.1, 0.15) is 0 Å². The number of para-hydroxylation sites is 3. The summed E-state index contributed by atoms with van der Waals surface area (Å²) in [6.07, 6.45) is 23.8. The van der Waals surface area contributed by atoms with E-state index in [0.29, 0.717) is 0 Å². The lowest BCUT2D eigenvalue weighted by atomic mass is 9.75. The van der Waals surface area contributed by atoms with Crippen LogP contribution in [-0.2, 0) is 11.8 Å². The first-order chi connectivity index (χ1) is 40.3. The molecule has 12 aromatic rings. The number of allylic oxidation sites excluding steroid dienone is 12. The molecule has 2 aromatic heterocycles. The van der Waals surface area contributed by atoms with Gasteiger partial charge in [-0.15, -0.1) is 0 Å². The molecule has 0 saturated carbocycles. The van der Waals surface area contributed by atoms with Crippen molar-refractivity contribution in [2.24, 2.45) is 5.92 Å². The van der Waals surface area contributed by atoms with E-state index in [-0.39, 0.29) is 11.3 Å². The molecule has 0 bridgehead atoms. The first-order valence-corrected chi connectivity index (χ1v) is 28.7. The predicted molar refractivity (Wildman–Crippen MR) is 347 cm³/mol. The van der Waals surface area contributed by atoms with Crippen LogP contribution >= 0.6 is 0 Å². The summed E-state index contributed by atoms with van der Waals surface area (Å²) in [5.74, 6) is 0.248. The van der Waals surface area contributed by atoms with Gasteiger partial charge >= 0.3 is 0 Å². The van der Waals surface area contributed by atoms with Crippen molar-refractivity contribution in [1.82, 2.24) is 9.13 Å². The molecule has 16 rings (SSSR count). The van der Waals surface area contributed by atoms with Crippen LogP contribution in [-0.4, -0.2) is 9.13 Å². The van der Waals surface area contributed by atoms with E-state index < -0.39 is 0 Å². The molecule has 1 unspecified atom stereocenters. The zero-order chi connectivity index (χ0) is 54.6. The average Bonchev–Trinajstić information content (AvgIpc) is 4.18. The monoisotopic (exact) mass is 1050 g/mol. The van der Waals surface area contributed by atoms with E-state index in [1.807, 2.05) is 0 Å². The summed E-state index contributed by atoms with van der Waals surface area (Å²) in [5, 5.41) is 7.53. The van der Waals surface area contributed by atoms with Crippen molar-refractivity contribution in [3.05, 3.63) is 312 Å². The number of aromatic nitrogens is 2. The number of fused-ring (bicyclic) bond motifs is 6. The van der Waals surface area contributed by atoms with E-state index in [9.17, 15) is 0 Å². The lowest BCUT2D eigenvalue weighted by Gasteiger charge is -2.34. The molecule has 0 spiro atoms. The molecule has 4 aliphatic rings. The van der Waals surface area contributed by atoms with E-state index in [1.54, 1.807) is 0 Å². The minimum Gasteiger partial charge on any atom is -0.310 e. The van der Waals surface area contributed by atoms with Crippen LogP contribution in [0.2, 0.25) is 0 Å². The van der Waals surface area contributed by atoms with Crippen LogP contribution in [0.3, 0.4) is 0 Å². The lowest BCUT2D eigenvalue weighted by molar-refractivity contribution is 0.591. The minimum absolute atomic E-state index is 0.00441. The van der Waals surface area contributed by atoms with Crippen molar-refractivity contribution >= 4 is 88.9 Å². The van der Waals surface area contributed by atoms with E-state index in [4.69, 9.17) is 0 Å². The zero-order valence-corrected chi connectivity index (χ0v) is 46.1. The van der Waals surface area contributed by atoms with E-state index in [2.05, 4.69) is 319 Å². The van der Waals surface area contributed by atoms with Gasteiger partial charge in [-0.2, -0.15) is 0 Å². The summed E-state index contributed by atoms with van der Waals surface area (Å²) in [6.45, 7) is 6.91. The molecule has 4 aliphatic carbocycles. The quantitative estimate of drug-likeness (QED) is 0.143. The van der Waals surface area contributed by atoms with Crippen LogP contribution in [0.5, 0.6) is 0 Å². The van der Waals surface area contributed by atoms with E-state index >= 15 is 0 Å². The van der Waals surface area contributed by atoms with Gasteiger partial charge < -0.3 is 18.9 Å². The summed E-state index contributed by atoms with van der Waals surface area (Å²) < 4.78 is 4.81. The average molecular weight is 1050 g/mol. The number of hydrogen-bond acceptors (Lipinski definition) is 2. The second-order valence-corrected chi connectivity index (χ2v) is 23.4. The van der Waals surface area contributed by atoms with Gasteiger partial charge in [-0.05, 0) is 195 Å². The highest BCUT2D eigenvalue weighted by Crippen LogP contribution is 2.47. The largest absolute Gasteiger partial charge is 0.310 e. The lowest BCUT2D eigenvalue weighted by Crippen LogP contribution is -2.22. The Labute approximate surface area is 478 Å². The van der Waals surface area contributed by atoms with Gasteiger partial charge in [-0.1, -0.05) is 173 Å². The summed E-state index contributed by atoms with van der Waals surface area (Å²) in [5.41, 5.74) is 23.9. The molecule has 2 heterocycles. The number of rotatable bonds is 9. The van der Waals surface area contributed by atoms with Gasteiger partial charge in [-0.3, -0.25) is 0 Å². The van der Waals surface area contributed by atoms with Gasteiger partial charge in [0.25, 0.3) is 0 Å². The van der Waals surface area contributed by atoms with Gasteiger partial charge in [0.15, 0.2) is 0 Å². The molecule has 4 heteroatoms. The third-order valence-electron chi connectivity index (χ3n) is 17.4. The zero-order valence-electron chi connectivity index (χ0n) is 46.1. The molecule has 0 fully saturated rings. The fourth-order valence-corrected chi connectivity index (χ4v) is 13.5. The number of nitrogens with zero attached hydrogens (tertiary/aromatic N) is 4. The standard InChI is InChI=1S/C78H58N4/c1-78(2,3)59-34-41-73-69(48-59)71-50-65(40-43-75(71)82(73)61-26-8-5-9-27-61)80(67-46-57-22-14-18-54-19-15-23-58(47-67)77(54)57)63-37-32-52(33-38-63)51-30-35-62(36-31-51)79(66-44-55-20-12-16-53-17-13-21-56(45-66)76(53)55)64-39-42-74-70(49-64)68-28-10-11-29-72(68)81(74)60-24-6-4-7-25-60/h4-18,20-50,76H,19H2,1-3H3. The molecular formula is C78H58N4. The van der Waals surface area contributed by atoms with E-state index in [0.717, 1.165) is 63.1 Å². The fraction of sp³-hybridized carbons (Fsp3) is 0.0769. The molecule has 0 amide bonds. The maximum atomic E-state index is 2.46. The highest BCUT2D eigenvalue weighted by atomic mass is 15.2. The fourth-order valence-electron chi connectivity index (χ4n) is 13.5. The van der Waals surface area contributed by atoms with Gasteiger partial charge in [-0.25, -0.2) is 0 Å². The summed E-state index contributed by atoms with van der Waals surface area (Å²) in [4.78, 5) is 4.90. The number of benzene rings is 10. The van der Waals surface area contributed by atoms with Crippen LogP contribution in [0.15, 0.2) is 295 Å². The van der Waals surface area contributed by atoms with Crippen molar-refractivity contribution < 1.29 is 0 Å². The molecule has 1 atom stereocenters. The number of hydrogen-bond donors (Lipinski definition) is 0. The minimum atomic E-state index is -0.00441. The van der Waals surface area contributed by atoms with Crippen molar-refractivity contribution in [2.75, 3.05) is 9.80 Å². The first-order valence-electron chi connectivity index (χ1n) is 28.7.